The molecule has 2 heterocycles. The lowest BCUT2D eigenvalue weighted by atomic mass is 9.88. The van der Waals surface area contributed by atoms with Crippen molar-refractivity contribution in [3.8, 4) is 0 Å². The molecule has 2 aliphatic heterocycles. The van der Waals surface area contributed by atoms with E-state index in [2.05, 4.69) is 26.1 Å². The number of nitrogens with one attached hydrogen (secondary N) is 1. The summed E-state index contributed by atoms with van der Waals surface area (Å²) in [6.45, 7) is 9.34. The number of amides is 1. The van der Waals surface area contributed by atoms with Gasteiger partial charge in [0.1, 0.15) is 0 Å². The van der Waals surface area contributed by atoms with Crippen LogP contribution in [0.3, 0.4) is 0 Å². The normalized spacial score (nSPS) is 31.6. The average molecular weight is 254 g/mol. The van der Waals surface area contributed by atoms with Gasteiger partial charge in [-0.3, -0.25) is 4.79 Å². The second-order valence-electron chi connectivity index (χ2n) is 6.18. The Bertz CT molecular complexity index is 309. The lowest BCUT2D eigenvalue weighted by Crippen LogP contribution is -2.63. The third kappa shape index (κ3) is 2.41. The Morgan fingerprint density at radius 3 is 2.78 bits per heavy atom. The lowest BCUT2D eigenvalue weighted by molar-refractivity contribution is -0.153. The summed E-state index contributed by atoms with van der Waals surface area (Å²) in [6.07, 6.45) is 4.08. The van der Waals surface area contributed by atoms with E-state index in [1.54, 1.807) is 0 Å². The number of carbonyl (C=O) groups is 1. The van der Waals surface area contributed by atoms with E-state index in [9.17, 15) is 4.79 Å². The molecule has 0 aliphatic carbocycles. The summed E-state index contributed by atoms with van der Waals surface area (Å²) < 4.78 is 5.51. The SMILES string of the molecule is CCCC1(C(=O)N2CCOCC2(C)C)CCCN1. The van der Waals surface area contributed by atoms with Crippen LogP contribution in [0.4, 0.5) is 0 Å². The maximum atomic E-state index is 12.9. The number of ether oxygens (including phenoxy) is 1. The van der Waals surface area contributed by atoms with Gasteiger partial charge in [0.2, 0.25) is 5.91 Å². The largest absolute Gasteiger partial charge is 0.377 e. The van der Waals surface area contributed by atoms with E-state index in [4.69, 9.17) is 4.74 Å². The minimum atomic E-state index is -0.302. The molecule has 1 atom stereocenters. The first-order valence-corrected chi connectivity index (χ1v) is 7.17. The maximum Gasteiger partial charge on any atom is 0.243 e. The summed E-state index contributed by atoms with van der Waals surface area (Å²) in [5, 5.41) is 3.47. The molecular formula is C14H26N2O2. The first-order chi connectivity index (χ1) is 8.52. The Labute approximate surface area is 110 Å². The van der Waals surface area contributed by atoms with Crippen molar-refractivity contribution in [3.05, 3.63) is 0 Å². The molecule has 1 N–H and O–H groups in total. The van der Waals surface area contributed by atoms with E-state index in [1.807, 2.05) is 4.90 Å². The zero-order valence-electron chi connectivity index (χ0n) is 11.9. The summed E-state index contributed by atoms with van der Waals surface area (Å²) >= 11 is 0. The quantitative estimate of drug-likeness (QED) is 0.831. The predicted molar refractivity (Wildman–Crippen MR) is 71.5 cm³/mol. The standard InChI is InChI=1S/C14H26N2O2/c1-4-6-14(7-5-8-15-14)12(17)16-9-10-18-11-13(16,2)3/h15H,4-11H2,1-3H3. The third-order valence-electron chi connectivity index (χ3n) is 4.22. The van der Waals surface area contributed by atoms with E-state index < -0.39 is 0 Å². The van der Waals surface area contributed by atoms with Crippen LogP contribution in [-0.4, -0.2) is 48.2 Å². The van der Waals surface area contributed by atoms with Gasteiger partial charge < -0.3 is 15.0 Å². The van der Waals surface area contributed by atoms with Crippen molar-refractivity contribution < 1.29 is 9.53 Å². The number of nitrogens with zero attached hydrogens (tertiary/aromatic N) is 1. The zero-order chi connectivity index (χ0) is 13.2. The smallest absolute Gasteiger partial charge is 0.243 e. The molecule has 0 saturated carbocycles. The van der Waals surface area contributed by atoms with Gasteiger partial charge in [-0.15, -0.1) is 0 Å². The van der Waals surface area contributed by atoms with Crippen molar-refractivity contribution in [1.82, 2.24) is 10.2 Å². The second kappa shape index (κ2) is 5.17. The van der Waals surface area contributed by atoms with Gasteiger partial charge in [-0.2, -0.15) is 0 Å². The van der Waals surface area contributed by atoms with Crippen LogP contribution in [0.5, 0.6) is 0 Å². The maximum absolute atomic E-state index is 12.9. The van der Waals surface area contributed by atoms with E-state index in [0.717, 1.165) is 38.8 Å². The molecule has 104 valence electrons. The van der Waals surface area contributed by atoms with Crippen molar-refractivity contribution in [3.63, 3.8) is 0 Å². The van der Waals surface area contributed by atoms with Crippen molar-refractivity contribution in [2.75, 3.05) is 26.3 Å². The molecular weight excluding hydrogens is 228 g/mol. The van der Waals surface area contributed by atoms with Crippen LogP contribution in [0.15, 0.2) is 0 Å². The van der Waals surface area contributed by atoms with Gasteiger partial charge in [-0.25, -0.2) is 0 Å². The monoisotopic (exact) mass is 254 g/mol. The Hall–Kier alpha value is -0.610. The summed E-state index contributed by atoms with van der Waals surface area (Å²) in [4.78, 5) is 15.0. The molecule has 1 amide bonds. The Morgan fingerprint density at radius 2 is 2.22 bits per heavy atom. The molecule has 2 aliphatic rings. The predicted octanol–water partition coefficient (Wildman–Crippen LogP) is 1.55. The van der Waals surface area contributed by atoms with Crippen LogP contribution in [0.25, 0.3) is 0 Å². The molecule has 18 heavy (non-hydrogen) atoms. The van der Waals surface area contributed by atoms with Crippen LogP contribution in [-0.2, 0) is 9.53 Å². The highest BCUT2D eigenvalue weighted by molar-refractivity contribution is 5.87. The van der Waals surface area contributed by atoms with E-state index in [1.165, 1.54) is 0 Å². The van der Waals surface area contributed by atoms with Gasteiger partial charge in [0, 0.05) is 6.54 Å². The molecule has 0 radical (unpaired) electrons. The summed E-state index contributed by atoms with van der Waals surface area (Å²) in [5.41, 5.74) is -0.482. The summed E-state index contributed by atoms with van der Waals surface area (Å²) in [5.74, 6) is 0.287. The number of hydrogen-bond donors (Lipinski definition) is 1. The zero-order valence-corrected chi connectivity index (χ0v) is 11.9. The fourth-order valence-corrected chi connectivity index (χ4v) is 3.23. The van der Waals surface area contributed by atoms with Gasteiger partial charge in [0.15, 0.2) is 0 Å². The molecule has 1 unspecified atom stereocenters. The molecule has 2 saturated heterocycles. The topological polar surface area (TPSA) is 41.6 Å². The highest BCUT2D eigenvalue weighted by atomic mass is 16.5. The molecule has 0 aromatic heterocycles. The molecule has 0 aromatic carbocycles. The van der Waals surface area contributed by atoms with Gasteiger partial charge in [-0.05, 0) is 39.7 Å². The molecule has 0 aromatic rings. The summed E-state index contributed by atoms with van der Waals surface area (Å²) in [6, 6.07) is 0. The van der Waals surface area contributed by atoms with Crippen LogP contribution in [0, 0.1) is 0 Å². The van der Waals surface area contributed by atoms with Gasteiger partial charge in [-0.1, -0.05) is 13.3 Å². The van der Waals surface area contributed by atoms with Crippen molar-refractivity contribution in [2.45, 2.75) is 57.5 Å². The Balaban J connectivity index is 2.17. The van der Waals surface area contributed by atoms with E-state index >= 15 is 0 Å². The third-order valence-corrected chi connectivity index (χ3v) is 4.22. The van der Waals surface area contributed by atoms with Crippen molar-refractivity contribution in [1.29, 1.82) is 0 Å². The Morgan fingerprint density at radius 1 is 1.44 bits per heavy atom. The first kappa shape index (κ1) is 13.8. The van der Waals surface area contributed by atoms with Crippen molar-refractivity contribution in [2.24, 2.45) is 0 Å². The first-order valence-electron chi connectivity index (χ1n) is 7.17. The van der Waals surface area contributed by atoms with Gasteiger partial charge in [0.05, 0.1) is 24.3 Å². The van der Waals surface area contributed by atoms with Crippen LogP contribution < -0.4 is 5.32 Å². The van der Waals surface area contributed by atoms with E-state index in [-0.39, 0.29) is 17.0 Å². The highest BCUT2D eigenvalue weighted by Gasteiger charge is 2.46. The number of hydrogen-bond acceptors (Lipinski definition) is 3. The van der Waals surface area contributed by atoms with Gasteiger partial charge in [0.25, 0.3) is 0 Å². The van der Waals surface area contributed by atoms with E-state index in [0.29, 0.717) is 13.2 Å². The van der Waals surface area contributed by atoms with Crippen LogP contribution in [0.2, 0.25) is 0 Å². The molecule has 2 fully saturated rings. The number of morpholine rings is 1. The van der Waals surface area contributed by atoms with Crippen molar-refractivity contribution >= 4 is 5.91 Å². The fraction of sp³-hybridized carbons (Fsp3) is 0.929. The molecule has 4 nitrogen and oxygen atoms in total. The molecule has 2 rings (SSSR count). The minimum absolute atomic E-state index is 0.180. The molecule has 4 heteroatoms. The fourth-order valence-electron chi connectivity index (χ4n) is 3.23. The summed E-state index contributed by atoms with van der Waals surface area (Å²) in [7, 11) is 0. The Kier molecular flexibility index (Phi) is 3.97. The number of rotatable bonds is 3. The van der Waals surface area contributed by atoms with Crippen LogP contribution >= 0.6 is 0 Å². The van der Waals surface area contributed by atoms with Crippen LogP contribution in [0.1, 0.15) is 46.5 Å². The minimum Gasteiger partial charge on any atom is -0.377 e. The highest BCUT2D eigenvalue weighted by Crippen LogP contribution is 2.31. The lowest BCUT2D eigenvalue weighted by Gasteiger charge is -2.46. The average Bonchev–Trinajstić information content (AvgIpc) is 2.78. The molecule has 0 bridgehead atoms. The number of carbonyl (C=O) groups excluding carboxylic acids is 1. The van der Waals surface area contributed by atoms with Gasteiger partial charge >= 0.3 is 0 Å². The molecule has 0 spiro atoms. The second-order valence-corrected chi connectivity index (χ2v) is 6.18.